The predicted octanol–water partition coefficient (Wildman–Crippen LogP) is 5.79. The normalized spacial score (nSPS) is 11.3. The molecule has 0 radical (unpaired) electrons. The molecule has 0 saturated carbocycles. The number of fused-ring (bicyclic) bond motifs is 1. The van der Waals surface area contributed by atoms with Crippen LogP contribution >= 0.6 is 0 Å². The lowest BCUT2D eigenvalue weighted by molar-refractivity contribution is 0.585. The van der Waals surface area contributed by atoms with Crippen molar-refractivity contribution in [2.45, 2.75) is 13.8 Å². The fourth-order valence-electron chi connectivity index (χ4n) is 3.72. The first-order valence-electron chi connectivity index (χ1n) is 10.2. The molecule has 0 aliphatic rings. The Hall–Kier alpha value is -4.07. The lowest BCUT2D eigenvalue weighted by Gasteiger charge is -2.12. The first-order valence-corrected chi connectivity index (χ1v) is 10.2. The van der Waals surface area contributed by atoms with Crippen LogP contribution in [0.5, 0.6) is 0 Å². The molecule has 8 heteroatoms. The number of hydrogen-bond acceptors (Lipinski definition) is 4. The van der Waals surface area contributed by atoms with Crippen molar-refractivity contribution in [2.75, 3.05) is 0 Å². The van der Waals surface area contributed by atoms with Gasteiger partial charge in [-0.25, -0.2) is 28.1 Å². The third-order valence-electron chi connectivity index (χ3n) is 5.51. The zero-order chi connectivity index (χ0) is 23.3. The average Bonchev–Trinajstić information content (AvgIpc) is 3.20. The minimum atomic E-state index is -0.755. The number of aromatic nitrogens is 5. The molecule has 3 aromatic heterocycles. The fraction of sp³-hybridized carbons (Fsp3) is 0.120. The third-order valence-corrected chi connectivity index (χ3v) is 5.51. The molecule has 0 aliphatic heterocycles. The Morgan fingerprint density at radius 3 is 2.30 bits per heavy atom. The summed E-state index contributed by atoms with van der Waals surface area (Å²) in [6.07, 6.45) is 3.40. The second kappa shape index (κ2) is 7.81. The minimum absolute atomic E-state index is 0.110. The lowest BCUT2D eigenvalue weighted by atomic mass is 10.0. The molecule has 33 heavy (non-hydrogen) atoms. The van der Waals surface area contributed by atoms with Crippen LogP contribution in [-0.4, -0.2) is 24.7 Å². The maximum Gasteiger partial charge on any atom is 0.164 e. The molecular weight excluding hydrogens is 427 g/mol. The van der Waals surface area contributed by atoms with Crippen LogP contribution in [0.15, 0.2) is 54.9 Å². The molecule has 2 aromatic carbocycles. The summed E-state index contributed by atoms with van der Waals surface area (Å²) in [6, 6.07) is 9.58. The van der Waals surface area contributed by atoms with E-state index in [1.807, 2.05) is 19.9 Å². The van der Waals surface area contributed by atoms with Crippen LogP contribution in [-0.2, 0) is 7.05 Å². The van der Waals surface area contributed by atoms with E-state index in [9.17, 15) is 13.2 Å². The van der Waals surface area contributed by atoms with Crippen molar-refractivity contribution in [3.05, 3.63) is 83.6 Å². The fourth-order valence-corrected chi connectivity index (χ4v) is 3.72. The van der Waals surface area contributed by atoms with Crippen LogP contribution < -0.4 is 0 Å². The molecule has 5 nitrogen and oxygen atoms in total. The van der Waals surface area contributed by atoms with Crippen LogP contribution in [0.25, 0.3) is 44.8 Å². The van der Waals surface area contributed by atoms with Gasteiger partial charge in [-0.3, -0.25) is 4.68 Å². The van der Waals surface area contributed by atoms with Crippen molar-refractivity contribution in [2.24, 2.45) is 7.05 Å². The van der Waals surface area contributed by atoms with Gasteiger partial charge in [0, 0.05) is 47.1 Å². The number of rotatable bonds is 3. The van der Waals surface area contributed by atoms with Gasteiger partial charge in [-0.05, 0) is 61.4 Å². The lowest BCUT2D eigenvalue weighted by Crippen LogP contribution is -2.01. The molecule has 0 spiro atoms. The van der Waals surface area contributed by atoms with Crippen LogP contribution in [0, 0.1) is 31.3 Å². The summed E-state index contributed by atoms with van der Waals surface area (Å²) in [5.41, 5.74) is 4.08. The van der Waals surface area contributed by atoms with Crippen molar-refractivity contribution in [1.82, 2.24) is 24.7 Å². The van der Waals surface area contributed by atoms with Crippen molar-refractivity contribution in [3.63, 3.8) is 0 Å². The van der Waals surface area contributed by atoms with Crippen LogP contribution in [0.4, 0.5) is 13.2 Å². The summed E-state index contributed by atoms with van der Waals surface area (Å²) in [5, 5.41) is 4.66. The zero-order valence-electron chi connectivity index (χ0n) is 18.1. The van der Waals surface area contributed by atoms with Gasteiger partial charge in [0.2, 0.25) is 0 Å². The number of nitrogens with zero attached hydrogens (tertiary/aromatic N) is 5. The van der Waals surface area contributed by atoms with Gasteiger partial charge < -0.3 is 0 Å². The van der Waals surface area contributed by atoms with Gasteiger partial charge in [0.25, 0.3) is 0 Å². The molecule has 0 aliphatic carbocycles. The summed E-state index contributed by atoms with van der Waals surface area (Å²) in [4.78, 5) is 13.7. The van der Waals surface area contributed by atoms with Gasteiger partial charge in [-0.2, -0.15) is 5.10 Å². The van der Waals surface area contributed by atoms with Crippen LogP contribution in [0.3, 0.4) is 0 Å². The van der Waals surface area contributed by atoms with Crippen molar-refractivity contribution < 1.29 is 13.2 Å². The number of halogens is 3. The van der Waals surface area contributed by atoms with Crippen molar-refractivity contribution in [1.29, 1.82) is 0 Å². The first kappa shape index (κ1) is 20.8. The Bertz CT molecular complexity index is 1540. The predicted molar refractivity (Wildman–Crippen MR) is 120 cm³/mol. The monoisotopic (exact) mass is 445 g/mol. The summed E-state index contributed by atoms with van der Waals surface area (Å²) in [6.45, 7) is 3.73. The van der Waals surface area contributed by atoms with E-state index in [0.717, 1.165) is 22.9 Å². The van der Waals surface area contributed by atoms with E-state index in [0.29, 0.717) is 22.2 Å². The largest absolute Gasteiger partial charge is 0.275 e. The van der Waals surface area contributed by atoms with E-state index in [4.69, 9.17) is 0 Å². The Kier molecular flexibility index (Phi) is 4.92. The van der Waals surface area contributed by atoms with Crippen LogP contribution in [0.1, 0.15) is 11.3 Å². The Morgan fingerprint density at radius 2 is 1.58 bits per heavy atom. The van der Waals surface area contributed by atoms with Crippen molar-refractivity contribution >= 4 is 11.0 Å². The SMILES string of the molecule is Cc1cc2c(-c3ccc(F)cc3F)nc(-c3cc(F)cc(-c4cnn(C)c4)c3)nc2nc1C. The highest BCUT2D eigenvalue weighted by Crippen LogP contribution is 2.33. The molecule has 3 heterocycles. The molecule has 0 bridgehead atoms. The average molecular weight is 445 g/mol. The summed E-state index contributed by atoms with van der Waals surface area (Å²) >= 11 is 0. The van der Waals surface area contributed by atoms with E-state index in [2.05, 4.69) is 20.1 Å². The highest BCUT2D eigenvalue weighted by Gasteiger charge is 2.18. The third kappa shape index (κ3) is 3.84. The maximum atomic E-state index is 14.7. The highest BCUT2D eigenvalue weighted by molar-refractivity contribution is 5.92. The molecule has 5 rings (SSSR count). The number of benzene rings is 2. The number of pyridine rings is 1. The molecule has 0 saturated heterocycles. The van der Waals surface area contributed by atoms with E-state index in [1.54, 1.807) is 30.2 Å². The minimum Gasteiger partial charge on any atom is -0.275 e. The number of hydrogen-bond donors (Lipinski definition) is 0. The molecule has 0 atom stereocenters. The summed E-state index contributed by atoms with van der Waals surface area (Å²) < 4.78 is 44.5. The standard InChI is InChI=1S/C25H18F3N5/c1-13-6-21-23(20-5-4-18(26)10-22(20)28)31-24(32-25(21)30-14(13)2)16-7-15(8-19(27)9-16)17-11-29-33(3)12-17/h4-12H,1-3H3. The Balaban J connectivity index is 1.78. The van der Waals surface area contributed by atoms with Gasteiger partial charge >= 0.3 is 0 Å². The van der Waals surface area contributed by atoms with Gasteiger partial charge in [0.05, 0.1) is 11.9 Å². The van der Waals surface area contributed by atoms with E-state index < -0.39 is 17.5 Å². The Labute approximate surface area is 187 Å². The molecule has 164 valence electrons. The first-order chi connectivity index (χ1) is 15.8. The number of aryl methyl sites for hydroxylation is 3. The van der Waals surface area contributed by atoms with E-state index in [-0.39, 0.29) is 17.1 Å². The summed E-state index contributed by atoms with van der Waals surface area (Å²) in [7, 11) is 1.77. The molecular formula is C25H18F3N5. The second-order valence-electron chi connectivity index (χ2n) is 7.91. The zero-order valence-corrected chi connectivity index (χ0v) is 18.1. The van der Waals surface area contributed by atoms with Gasteiger partial charge in [0.15, 0.2) is 11.5 Å². The molecule has 0 N–H and O–H groups in total. The van der Waals surface area contributed by atoms with Gasteiger partial charge in [0.1, 0.15) is 17.5 Å². The molecule has 0 amide bonds. The topological polar surface area (TPSA) is 56.5 Å². The molecule has 0 fully saturated rings. The van der Waals surface area contributed by atoms with E-state index >= 15 is 0 Å². The molecule has 0 unspecified atom stereocenters. The Morgan fingerprint density at radius 1 is 0.788 bits per heavy atom. The smallest absolute Gasteiger partial charge is 0.164 e. The van der Waals surface area contributed by atoms with E-state index in [1.165, 1.54) is 24.3 Å². The molecule has 5 aromatic rings. The van der Waals surface area contributed by atoms with Crippen LogP contribution in [0.2, 0.25) is 0 Å². The van der Waals surface area contributed by atoms with Gasteiger partial charge in [-0.1, -0.05) is 0 Å². The maximum absolute atomic E-state index is 14.7. The quantitative estimate of drug-likeness (QED) is 0.353. The highest BCUT2D eigenvalue weighted by atomic mass is 19.1. The van der Waals surface area contributed by atoms with Crippen molar-refractivity contribution in [3.8, 4) is 33.8 Å². The van der Waals surface area contributed by atoms with Gasteiger partial charge in [-0.15, -0.1) is 0 Å². The second-order valence-corrected chi connectivity index (χ2v) is 7.91. The summed E-state index contributed by atoms with van der Waals surface area (Å²) in [5.74, 6) is -1.74.